The van der Waals surface area contributed by atoms with Crippen LogP contribution in [0.5, 0.6) is 0 Å². The smallest absolute Gasteiger partial charge is 0.211 e. The molecule has 0 aliphatic rings. The molecule has 1 aromatic heterocycles. The van der Waals surface area contributed by atoms with E-state index < -0.39 is 0 Å². The summed E-state index contributed by atoms with van der Waals surface area (Å²) in [5.41, 5.74) is 9.62. The summed E-state index contributed by atoms with van der Waals surface area (Å²) in [6.45, 7) is 4.23. The van der Waals surface area contributed by atoms with Crippen LogP contribution in [-0.2, 0) is 6.42 Å². The van der Waals surface area contributed by atoms with Crippen molar-refractivity contribution >= 4 is 0 Å². The van der Waals surface area contributed by atoms with E-state index in [9.17, 15) is 0 Å². The number of hydrogen-bond acceptors (Lipinski definition) is 1. The molecule has 3 heteroatoms. The molecule has 0 radical (unpaired) electrons. The number of para-hydroxylation sites is 2. The average molecular weight is 430 g/mol. The molecule has 1 N–H and O–H groups in total. The molecule has 0 fully saturated rings. The third-order valence-corrected chi connectivity index (χ3v) is 6.18. The van der Waals surface area contributed by atoms with Crippen LogP contribution in [0.3, 0.4) is 0 Å². The van der Waals surface area contributed by atoms with Crippen molar-refractivity contribution in [2.45, 2.75) is 20.3 Å². The molecule has 0 saturated heterocycles. The molecule has 3 nitrogen and oxygen atoms in total. The summed E-state index contributed by atoms with van der Waals surface area (Å²) < 4.78 is 4.01. The molecule has 162 valence electrons. The number of nitrogens with zero attached hydrogens (tertiary/aromatic N) is 2. The van der Waals surface area contributed by atoms with Gasteiger partial charge in [0.1, 0.15) is 0 Å². The van der Waals surface area contributed by atoms with Gasteiger partial charge in [0.25, 0.3) is 0 Å². The van der Waals surface area contributed by atoms with Crippen LogP contribution in [-0.4, -0.2) is 9.13 Å². The van der Waals surface area contributed by atoms with Crippen LogP contribution in [0.15, 0.2) is 109 Å². The standard InChI is InChI=1S/C30H27N3/c1-22-11-9-17-26(21-24-13-5-3-6-14-24)28(22)32-19-20-33(30(32)31)29-23(2)12-10-18-27(29)25-15-7-4-8-16-25/h3-20,31H,21H2,1-2H3. The van der Waals surface area contributed by atoms with Crippen LogP contribution in [0.25, 0.3) is 22.5 Å². The summed E-state index contributed by atoms with van der Waals surface area (Å²) in [7, 11) is 0. The predicted molar refractivity (Wildman–Crippen MR) is 135 cm³/mol. The van der Waals surface area contributed by atoms with Crippen molar-refractivity contribution in [3.63, 3.8) is 0 Å². The van der Waals surface area contributed by atoms with Gasteiger partial charge in [0.2, 0.25) is 5.62 Å². The molecule has 0 amide bonds. The van der Waals surface area contributed by atoms with E-state index in [2.05, 4.69) is 98.8 Å². The summed E-state index contributed by atoms with van der Waals surface area (Å²) >= 11 is 0. The van der Waals surface area contributed by atoms with E-state index in [-0.39, 0.29) is 0 Å². The second-order valence-corrected chi connectivity index (χ2v) is 8.44. The van der Waals surface area contributed by atoms with Crippen LogP contribution < -0.4 is 5.62 Å². The minimum atomic E-state index is 0.435. The van der Waals surface area contributed by atoms with Crippen LogP contribution in [0.2, 0.25) is 0 Å². The number of nitrogens with one attached hydrogen (secondary N) is 1. The summed E-state index contributed by atoms with van der Waals surface area (Å²) in [6.07, 6.45) is 4.85. The average Bonchev–Trinajstić information content (AvgIpc) is 3.20. The molecule has 5 aromatic rings. The maximum Gasteiger partial charge on any atom is 0.211 e. The zero-order chi connectivity index (χ0) is 22.8. The molecule has 0 bridgehead atoms. The fraction of sp³-hybridized carbons (Fsp3) is 0.100. The van der Waals surface area contributed by atoms with Crippen molar-refractivity contribution in [3.05, 3.63) is 137 Å². The Morgan fingerprint density at radius 3 is 1.88 bits per heavy atom. The molecule has 0 spiro atoms. The Bertz CT molecular complexity index is 1460. The van der Waals surface area contributed by atoms with E-state index in [1.165, 1.54) is 11.1 Å². The maximum absolute atomic E-state index is 9.16. The molecule has 0 aliphatic carbocycles. The summed E-state index contributed by atoms with van der Waals surface area (Å²) in [4.78, 5) is 0. The van der Waals surface area contributed by atoms with E-state index in [4.69, 9.17) is 5.41 Å². The zero-order valence-corrected chi connectivity index (χ0v) is 19.0. The lowest BCUT2D eigenvalue weighted by Gasteiger charge is -2.16. The molecule has 4 aromatic carbocycles. The number of aromatic nitrogens is 2. The number of imidazole rings is 1. The van der Waals surface area contributed by atoms with Crippen molar-refractivity contribution in [3.8, 4) is 22.5 Å². The summed E-state index contributed by atoms with van der Waals surface area (Å²) in [5, 5.41) is 9.16. The van der Waals surface area contributed by atoms with Crippen LogP contribution in [0.1, 0.15) is 22.3 Å². The van der Waals surface area contributed by atoms with Crippen LogP contribution in [0, 0.1) is 19.3 Å². The first-order valence-electron chi connectivity index (χ1n) is 11.3. The first kappa shape index (κ1) is 20.8. The molecule has 1 heterocycles. The van der Waals surface area contributed by atoms with Gasteiger partial charge >= 0.3 is 0 Å². The SMILES string of the molecule is Cc1cccc(Cc2ccccc2)c1-n1ccn(-c2c(C)cccc2-c2ccccc2)c1=N. The predicted octanol–water partition coefficient (Wildman–Crippen LogP) is 6.62. The highest BCUT2D eigenvalue weighted by Gasteiger charge is 2.15. The van der Waals surface area contributed by atoms with Gasteiger partial charge in [0, 0.05) is 18.0 Å². The molecule has 0 saturated carbocycles. The van der Waals surface area contributed by atoms with Crippen molar-refractivity contribution in [1.29, 1.82) is 5.41 Å². The number of aryl methyl sites for hydroxylation is 2. The molecule has 33 heavy (non-hydrogen) atoms. The van der Waals surface area contributed by atoms with E-state index in [0.29, 0.717) is 5.62 Å². The Morgan fingerprint density at radius 2 is 1.18 bits per heavy atom. The topological polar surface area (TPSA) is 33.7 Å². The highest BCUT2D eigenvalue weighted by atomic mass is 15.2. The number of benzene rings is 4. The first-order chi connectivity index (χ1) is 16.1. The summed E-state index contributed by atoms with van der Waals surface area (Å²) in [6, 6.07) is 33.6. The second kappa shape index (κ2) is 8.79. The Balaban J connectivity index is 1.66. The Kier molecular flexibility index (Phi) is 5.54. The van der Waals surface area contributed by atoms with Gasteiger partial charge in [-0.2, -0.15) is 0 Å². The molecule has 0 unspecified atom stereocenters. The fourth-order valence-electron chi connectivity index (χ4n) is 4.60. The molecule has 0 aliphatic heterocycles. The third kappa shape index (κ3) is 3.94. The van der Waals surface area contributed by atoms with Gasteiger partial charge in [0.15, 0.2) is 0 Å². The lowest BCUT2D eigenvalue weighted by atomic mass is 10.0. The summed E-state index contributed by atoms with van der Waals surface area (Å²) in [5.74, 6) is 0. The molecule has 5 rings (SSSR count). The van der Waals surface area contributed by atoms with Crippen LogP contribution in [0.4, 0.5) is 0 Å². The van der Waals surface area contributed by atoms with E-state index in [1.807, 2.05) is 33.7 Å². The number of rotatable bonds is 5. The van der Waals surface area contributed by atoms with Gasteiger partial charge in [0.05, 0.1) is 11.4 Å². The Hall–Kier alpha value is -4.11. The van der Waals surface area contributed by atoms with Crippen molar-refractivity contribution in [2.75, 3.05) is 0 Å². The van der Waals surface area contributed by atoms with Gasteiger partial charge in [-0.1, -0.05) is 97.1 Å². The number of hydrogen-bond donors (Lipinski definition) is 1. The highest BCUT2D eigenvalue weighted by Crippen LogP contribution is 2.29. The quantitative estimate of drug-likeness (QED) is 0.326. The van der Waals surface area contributed by atoms with Gasteiger partial charge < -0.3 is 0 Å². The Labute approximate surface area is 194 Å². The van der Waals surface area contributed by atoms with Gasteiger partial charge in [-0.15, -0.1) is 0 Å². The normalized spacial score (nSPS) is 11.0. The Morgan fingerprint density at radius 1 is 0.606 bits per heavy atom. The zero-order valence-electron chi connectivity index (χ0n) is 19.0. The maximum atomic E-state index is 9.16. The monoisotopic (exact) mass is 429 g/mol. The van der Waals surface area contributed by atoms with E-state index in [1.54, 1.807) is 0 Å². The van der Waals surface area contributed by atoms with E-state index in [0.717, 1.165) is 40.0 Å². The third-order valence-electron chi connectivity index (χ3n) is 6.18. The van der Waals surface area contributed by atoms with Crippen molar-refractivity contribution in [1.82, 2.24) is 9.13 Å². The van der Waals surface area contributed by atoms with Gasteiger partial charge in [-0.3, -0.25) is 14.5 Å². The molecular formula is C30H27N3. The minimum absolute atomic E-state index is 0.435. The van der Waals surface area contributed by atoms with Crippen molar-refractivity contribution in [2.24, 2.45) is 0 Å². The minimum Gasteiger partial charge on any atom is -0.286 e. The van der Waals surface area contributed by atoms with Gasteiger partial charge in [-0.05, 0) is 48.1 Å². The van der Waals surface area contributed by atoms with Crippen molar-refractivity contribution < 1.29 is 0 Å². The van der Waals surface area contributed by atoms with E-state index >= 15 is 0 Å². The molecular weight excluding hydrogens is 402 g/mol. The fourth-order valence-corrected chi connectivity index (χ4v) is 4.60. The van der Waals surface area contributed by atoms with Gasteiger partial charge in [-0.25, -0.2) is 0 Å². The lowest BCUT2D eigenvalue weighted by Crippen LogP contribution is -2.24. The largest absolute Gasteiger partial charge is 0.286 e. The first-order valence-corrected chi connectivity index (χ1v) is 11.3. The highest BCUT2D eigenvalue weighted by molar-refractivity contribution is 5.75. The van der Waals surface area contributed by atoms with Crippen LogP contribution >= 0.6 is 0 Å². The lowest BCUT2D eigenvalue weighted by molar-refractivity contribution is 0.824. The second-order valence-electron chi connectivity index (χ2n) is 8.44. The molecule has 0 atom stereocenters.